The molecule has 1 aromatic heterocycles. The smallest absolute Gasteiger partial charge is 0.230 e. The number of aromatic nitrogens is 3. The minimum Gasteiger partial charge on any atom is -0.490 e. The summed E-state index contributed by atoms with van der Waals surface area (Å²) in [6.07, 6.45) is 0.723. The van der Waals surface area contributed by atoms with Gasteiger partial charge in [0.25, 0.3) is 0 Å². The molecule has 2 N–H and O–H groups in total. The van der Waals surface area contributed by atoms with Crippen molar-refractivity contribution in [2.45, 2.75) is 45.2 Å². The van der Waals surface area contributed by atoms with Gasteiger partial charge in [-0.05, 0) is 38.0 Å². The highest BCUT2D eigenvalue weighted by Crippen LogP contribution is 2.28. The van der Waals surface area contributed by atoms with E-state index in [1.165, 1.54) is 11.8 Å². The van der Waals surface area contributed by atoms with Gasteiger partial charge >= 0.3 is 0 Å². The number of nitrogens with one attached hydrogen (secondary N) is 2. The number of aromatic amines is 1. The van der Waals surface area contributed by atoms with E-state index in [0.29, 0.717) is 30.7 Å². The minimum atomic E-state index is -0.0353. The molecule has 0 saturated heterocycles. The third-order valence-electron chi connectivity index (χ3n) is 3.71. The third kappa shape index (κ3) is 6.78. The first kappa shape index (κ1) is 21.1. The maximum Gasteiger partial charge on any atom is 0.230 e. The van der Waals surface area contributed by atoms with Crippen molar-refractivity contribution in [1.29, 1.82) is 0 Å². The largest absolute Gasteiger partial charge is 0.490 e. The van der Waals surface area contributed by atoms with Crippen molar-refractivity contribution in [3.05, 3.63) is 29.6 Å². The second-order valence-corrected chi connectivity index (χ2v) is 7.14. The molecule has 1 amide bonds. The van der Waals surface area contributed by atoms with Crippen LogP contribution in [0.5, 0.6) is 11.5 Å². The molecule has 0 spiro atoms. The summed E-state index contributed by atoms with van der Waals surface area (Å²) in [4.78, 5) is 16.4. The van der Waals surface area contributed by atoms with Crippen molar-refractivity contribution < 1.29 is 14.3 Å². The van der Waals surface area contributed by atoms with E-state index in [0.717, 1.165) is 29.3 Å². The summed E-state index contributed by atoms with van der Waals surface area (Å²) in [5.74, 6) is 2.87. The topological polar surface area (TPSA) is 89.1 Å². The van der Waals surface area contributed by atoms with Crippen LogP contribution in [-0.4, -0.2) is 46.6 Å². The number of amides is 1. The fraction of sp³-hybridized carbons (Fsp3) is 0.526. The number of carbonyl (C=O) groups is 1. The monoisotopic (exact) mass is 392 g/mol. The van der Waals surface area contributed by atoms with Crippen molar-refractivity contribution in [2.75, 3.05) is 25.5 Å². The van der Waals surface area contributed by atoms with Gasteiger partial charge in [0.2, 0.25) is 11.1 Å². The molecule has 148 valence electrons. The molecule has 0 atom stereocenters. The van der Waals surface area contributed by atoms with Gasteiger partial charge in [0.05, 0.1) is 19.0 Å². The van der Waals surface area contributed by atoms with Crippen LogP contribution in [0.1, 0.15) is 45.0 Å². The van der Waals surface area contributed by atoms with E-state index < -0.39 is 0 Å². The quantitative estimate of drug-likeness (QED) is 0.571. The van der Waals surface area contributed by atoms with Gasteiger partial charge in [0.1, 0.15) is 5.82 Å². The number of hydrogen-bond donors (Lipinski definition) is 2. The lowest BCUT2D eigenvalue weighted by molar-refractivity contribution is -0.118. The average molecular weight is 393 g/mol. The highest BCUT2D eigenvalue weighted by molar-refractivity contribution is 7.99. The Morgan fingerprint density at radius 2 is 1.96 bits per heavy atom. The molecule has 2 aromatic rings. The van der Waals surface area contributed by atoms with Gasteiger partial charge in [-0.25, -0.2) is 4.98 Å². The molecule has 1 heterocycles. The lowest BCUT2D eigenvalue weighted by Crippen LogP contribution is -2.27. The van der Waals surface area contributed by atoms with Crippen LogP contribution in [0.2, 0.25) is 0 Å². The highest BCUT2D eigenvalue weighted by atomic mass is 32.2. The van der Waals surface area contributed by atoms with Crippen LogP contribution < -0.4 is 14.8 Å². The van der Waals surface area contributed by atoms with Crippen molar-refractivity contribution in [3.8, 4) is 11.5 Å². The summed E-state index contributed by atoms with van der Waals surface area (Å²) in [6.45, 7) is 9.70. The van der Waals surface area contributed by atoms with Crippen LogP contribution in [0.4, 0.5) is 0 Å². The normalized spacial score (nSPS) is 10.9. The van der Waals surface area contributed by atoms with Crippen LogP contribution in [-0.2, 0) is 11.2 Å². The minimum absolute atomic E-state index is 0.0353. The molecule has 0 aliphatic rings. The van der Waals surface area contributed by atoms with Crippen molar-refractivity contribution in [1.82, 2.24) is 20.5 Å². The Kier molecular flexibility index (Phi) is 8.44. The summed E-state index contributed by atoms with van der Waals surface area (Å²) in [7, 11) is 0. The molecular weight excluding hydrogens is 364 g/mol. The lowest BCUT2D eigenvalue weighted by Gasteiger charge is -2.12. The number of H-pyrrole nitrogens is 1. The van der Waals surface area contributed by atoms with Crippen molar-refractivity contribution in [2.24, 2.45) is 0 Å². The first-order valence-electron chi connectivity index (χ1n) is 9.23. The molecule has 0 saturated carbocycles. The van der Waals surface area contributed by atoms with E-state index in [4.69, 9.17) is 9.47 Å². The van der Waals surface area contributed by atoms with Crippen LogP contribution in [0.3, 0.4) is 0 Å². The van der Waals surface area contributed by atoms with E-state index in [1.807, 2.05) is 45.9 Å². The summed E-state index contributed by atoms with van der Waals surface area (Å²) in [6, 6.07) is 5.88. The average Bonchev–Trinajstić information content (AvgIpc) is 3.12. The molecule has 0 bridgehead atoms. The number of carbonyl (C=O) groups excluding carboxylic acids is 1. The number of thioether (sulfide) groups is 1. The van der Waals surface area contributed by atoms with E-state index in [9.17, 15) is 4.79 Å². The van der Waals surface area contributed by atoms with Gasteiger partial charge in [-0.2, -0.15) is 0 Å². The maximum atomic E-state index is 12.0. The number of rotatable bonds is 11. The highest BCUT2D eigenvalue weighted by Gasteiger charge is 2.10. The first-order valence-corrected chi connectivity index (χ1v) is 10.2. The fourth-order valence-electron chi connectivity index (χ4n) is 2.36. The Hall–Kier alpha value is -2.22. The zero-order valence-corrected chi connectivity index (χ0v) is 17.2. The second kappa shape index (κ2) is 10.8. The molecule has 0 aliphatic carbocycles. The molecule has 7 nitrogen and oxygen atoms in total. The molecular formula is C19H28N4O3S. The lowest BCUT2D eigenvalue weighted by atomic mass is 10.1. The van der Waals surface area contributed by atoms with Gasteiger partial charge in [0.15, 0.2) is 11.5 Å². The van der Waals surface area contributed by atoms with E-state index >= 15 is 0 Å². The maximum absolute atomic E-state index is 12.0. The van der Waals surface area contributed by atoms with E-state index in [1.54, 1.807) is 0 Å². The zero-order valence-electron chi connectivity index (χ0n) is 16.4. The Labute approximate surface area is 164 Å². The molecule has 8 heteroatoms. The Bertz CT molecular complexity index is 733. The van der Waals surface area contributed by atoms with Crippen molar-refractivity contribution >= 4 is 17.7 Å². The Morgan fingerprint density at radius 1 is 1.22 bits per heavy atom. The number of hydrogen-bond acceptors (Lipinski definition) is 6. The van der Waals surface area contributed by atoms with E-state index in [2.05, 4.69) is 20.5 Å². The van der Waals surface area contributed by atoms with Crippen LogP contribution in [0.25, 0.3) is 0 Å². The molecule has 1 aromatic carbocycles. The van der Waals surface area contributed by atoms with Gasteiger partial charge in [-0.3, -0.25) is 9.89 Å². The molecule has 2 rings (SSSR count). The summed E-state index contributed by atoms with van der Waals surface area (Å²) in [5, 5.41) is 10.5. The number of nitrogens with zero attached hydrogens (tertiary/aromatic N) is 2. The van der Waals surface area contributed by atoms with Gasteiger partial charge in [-0.15, -0.1) is 5.10 Å². The predicted octanol–water partition coefficient (Wildman–Crippen LogP) is 3.18. The molecule has 0 fully saturated rings. The fourth-order valence-corrected chi connectivity index (χ4v) is 2.99. The van der Waals surface area contributed by atoms with Crippen LogP contribution >= 0.6 is 11.8 Å². The zero-order chi connectivity index (χ0) is 19.6. The summed E-state index contributed by atoms with van der Waals surface area (Å²) < 4.78 is 11.2. The van der Waals surface area contributed by atoms with Gasteiger partial charge < -0.3 is 14.8 Å². The number of ether oxygens (including phenoxy) is 2. The Morgan fingerprint density at radius 3 is 2.63 bits per heavy atom. The third-order valence-corrected chi connectivity index (χ3v) is 4.55. The predicted molar refractivity (Wildman–Crippen MR) is 107 cm³/mol. The number of benzene rings is 1. The van der Waals surface area contributed by atoms with Crippen LogP contribution in [0.15, 0.2) is 23.4 Å². The molecule has 0 unspecified atom stereocenters. The summed E-state index contributed by atoms with van der Waals surface area (Å²) >= 11 is 1.33. The van der Waals surface area contributed by atoms with E-state index in [-0.39, 0.29) is 11.8 Å². The standard InChI is InChI=1S/C19H28N4O3S/c1-5-25-15-8-7-14(11-16(15)26-6-2)9-10-20-17(24)12-27-19-21-18(13(3)4)22-23-19/h7-8,11,13H,5-6,9-10,12H2,1-4H3,(H,20,24)(H,21,22,23). The van der Waals surface area contributed by atoms with Crippen molar-refractivity contribution in [3.63, 3.8) is 0 Å². The van der Waals surface area contributed by atoms with Gasteiger partial charge in [-0.1, -0.05) is 31.7 Å². The van der Waals surface area contributed by atoms with Crippen LogP contribution in [0, 0.1) is 0 Å². The molecule has 27 heavy (non-hydrogen) atoms. The SMILES string of the molecule is CCOc1ccc(CCNC(=O)CSc2n[nH]c(C(C)C)n2)cc1OCC. The second-order valence-electron chi connectivity index (χ2n) is 6.19. The summed E-state index contributed by atoms with van der Waals surface area (Å²) in [5.41, 5.74) is 1.09. The molecule has 0 aliphatic heterocycles. The molecule has 0 radical (unpaired) electrons. The van der Waals surface area contributed by atoms with Gasteiger partial charge in [0, 0.05) is 12.5 Å². The Balaban J connectivity index is 1.77. The first-order chi connectivity index (χ1) is 13.0.